The molecule has 3 nitrogen and oxygen atoms in total. The molecule has 0 amide bonds. The van der Waals surface area contributed by atoms with Gasteiger partial charge in [0, 0.05) is 30.6 Å². The first-order valence-corrected chi connectivity index (χ1v) is 6.97. The van der Waals surface area contributed by atoms with Crippen LogP contribution in [0.3, 0.4) is 0 Å². The number of hydrogen-bond acceptors (Lipinski definition) is 4. The SMILES string of the molecule is Cc1ccc(C(C(C)N)N2CCSCC2)o1. The highest BCUT2D eigenvalue weighted by molar-refractivity contribution is 7.99. The van der Waals surface area contributed by atoms with Crippen molar-refractivity contribution in [1.82, 2.24) is 4.90 Å². The van der Waals surface area contributed by atoms with Crippen LogP contribution in [0.5, 0.6) is 0 Å². The summed E-state index contributed by atoms with van der Waals surface area (Å²) in [5.41, 5.74) is 6.10. The van der Waals surface area contributed by atoms with Crippen LogP contribution in [0.15, 0.2) is 16.5 Å². The van der Waals surface area contributed by atoms with E-state index in [9.17, 15) is 0 Å². The van der Waals surface area contributed by atoms with Gasteiger partial charge in [0.15, 0.2) is 0 Å². The molecule has 0 spiro atoms. The smallest absolute Gasteiger partial charge is 0.122 e. The van der Waals surface area contributed by atoms with Crippen molar-refractivity contribution in [3.8, 4) is 0 Å². The standard InChI is InChI=1S/C12H20N2OS/c1-9-3-4-11(15-9)12(10(2)13)14-5-7-16-8-6-14/h3-4,10,12H,5-8,13H2,1-2H3. The number of thioether (sulfide) groups is 1. The first kappa shape index (κ1) is 12.0. The second kappa shape index (κ2) is 5.25. The number of hydrogen-bond donors (Lipinski definition) is 1. The average molecular weight is 240 g/mol. The molecule has 1 aromatic rings. The van der Waals surface area contributed by atoms with E-state index < -0.39 is 0 Å². The van der Waals surface area contributed by atoms with E-state index in [2.05, 4.69) is 17.9 Å². The van der Waals surface area contributed by atoms with Crippen molar-refractivity contribution in [1.29, 1.82) is 0 Å². The quantitative estimate of drug-likeness (QED) is 0.878. The molecule has 16 heavy (non-hydrogen) atoms. The minimum atomic E-state index is 0.105. The van der Waals surface area contributed by atoms with E-state index in [0.717, 1.165) is 24.6 Å². The van der Waals surface area contributed by atoms with Gasteiger partial charge in [-0.15, -0.1) is 0 Å². The first-order chi connectivity index (χ1) is 7.68. The Balaban J connectivity index is 2.16. The minimum Gasteiger partial charge on any atom is -0.465 e. The van der Waals surface area contributed by atoms with Crippen molar-refractivity contribution in [3.05, 3.63) is 23.7 Å². The van der Waals surface area contributed by atoms with Gasteiger partial charge in [-0.05, 0) is 26.0 Å². The number of nitrogens with two attached hydrogens (primary N) is 1. The van der Waals surface area contributed by atoms with E-state index in [1.807, 2.05) is 24.8 Å². The molecular weight excluding hydrogens is 220 g/mol. The highest BCUT2D eigenvalue weighted by Crippen LogP contribution is 2.27. The van der Waals surface area contributed by atoms with Gasteiger partial charge in [-0.2, -0.15) is 11.8 Å². The molecule has 0 bridgehead atoms. The monoisotopic (exact) mass is 240 g/mol. The largest absolute Gasteiger partial charge is 0.465 e. The van der Waals surface area contributed by atoms with Gasteiger partial charge in [-0.3, -0.25) is 4.90 Å². The van der Waals surface area contributed by atoms with E-state index in [-0.39, 0.29) is 12.1 Å². The molecule has 0 saturated carbocycles. The second-order valence-electron chi connectivity index (χ2n) is 4.40. The van der Waals surface area contributed by atoms with E-state index >= 15 is 0 Å². The summed E-state index contributed by atoms with van der Waals surface area (Å²) in [6.45, 7) is 6.26. The molecule has 1 saturated heterocycles. The van der Waals surface area contributed by atoms with Crippen LogP contribution in [0.1, 0.15) is 24.5 Å². The van der Waals surface area contributed by atoms with Crippen LogP contribution in [-0.4, -0.2) is 35.5 Å². The Hall–Kier alpha value is -0.450. The molecule has 4 heteroatoms. The van der Waals surface area contributed by atoms with Crippen molar-refractivity contribution < 1.29 is 4.42 Å². The molecule has 0 aromatic carbocycles. The normalized spacial score (nSPS) is 21.9. The summed E-state index contributed by atoms with van der Waals surface area (Å²) in [6.07, 6.45) is 0. The lowest BCUT2D eigenvalue weighted by Crippen LogP contribution is -2.43. The van der Waals surface area contributed by atoms with Crippen LogP contribution in [-0.2, 0) is 0 Å². The summed E-state index contributed by atoms with van der Waals surface area (Å²) in [7, 11) is 0. The summed E-state index contributed by atoms with van der Waals surface area (Å²) in [5, 5.41) is 0. The maximum absolute atomic E-state index is 6.10. The maximum atomic E-state index is 6.10. The van der Waals surface area contributed by atoms with Crippen LogP contribution in [0.4, 0.5) is 0 Å². The number of rotatable bonds is 3. The Bertz CT molecular complexity index is 332. The number of nitrogens with zero attached hydrogens (tertiary/aromatic N) is 1. The molecule has 0 radical (unpaired) electrons. The molecule has 2 N–H and O–H groups in total. The third kappa shape index (κ3) is 2.62. The van der Waals surface area contributed by atoms with Crippen LogP contribution < -0.4 is 5.73 Å². The van der Waals surface area contributed by atoms with Gasteiger partial charge in [-0.25, -0.2) is 0 Å². The van der Waals surface area contributed by atoms with Gasteiger partial charge in [-0.1, -0.05) is 0 Å². The fourth-order valence-electron chi connectivity index (χ4n) is 2.24. The van der Waals surface area contributed by atoms with E-state index in [1.165, 1.54) is 11.5 Å². The minimum absolute atomic E-state index is 0.105. The topological polar surface area (TPSA) is 42.4 Å². The molecule has 90 valence electrons. The molecule has 2 atom stereocenters. The van der Waals surface area contributed by atoms with Crippen molar-refractivity contribution >= 4 is 11.8 Å². The lowest BCUT2D eigenvalue weighted by molar-refractivity contribution is 0.169. The zero-order chi connectivity index (χ0) is 11.5. The number of furan rings is 1. The Morgan fingerprint density at radius 1 is 1.38 bits per heavy atom. The molecule has 1 aromatic heterocycles. The van der Waals surface area contributed by atoms with E-state index in [4.69, 9.17) is 10.2 Å². The van der Waals surface area contributed by atoms with Gasteiger partial charge >= 0.3 is 0 Å². The van der Waals surface area contributed by atoms with Gasteiger partial charge < -0.3 is 10.2 Å². The molecule has 0 aliphatic carbocycles. The molecule has 2 rings (SSSR count). The van der Waals surface area contributed by atoms with Crippen molar-refractivity contribution in [3.63, 3.8) is 0 Å². The third-order valence-electron chi connectivity index (χ3n) is 2.99. The zero-order valence-electron chi connectivity index (χ0n) is 9.98. The van der Waals surface area contributed by atoms with E-state index in [0.29, 0.717) is 0 Å². The Morgan fingerprint density at radius 2 is 2.06 bits per heavy atom. The van der Waals surface area contributed by atoms with Gasteiger partial charge in [0.25, 0.3) is 0 Å². The van der Waals surface area contributed by atoms with Crippen LogP contribution >= 0.6 is 11.8 Å². The highest BCUT2D eigenvalue weighted by atomic mass is 32.2. The zero-order valence-corrected chi connectivity index (χ0v) is 10.8. The van der Waals surface area contributed by atoms with Crippen LogP contribution in [0.25, 0.3) is 0 Å². The number of aryl methyl sites for hydroxylation is 1. The highest BCUT2D eigenvalue weighted by Gasteiger charge is 2.27. The molecule has 2 unspecified atom stereocenters. The molecule has 1 fully saturated rings. The average Bonchev–Trinajstić information content (AvgIpc) is 2.66. The van der Waals surface area contributed by atoms with Gasteiger partial charge in [0.1, 0.15) is 11.5 Å². The molecular formula is C12H20N2OS. The van der Waals surface area contributed by atoms with Crippen molar-refractivity contribution in [2.24, 2.45) is 5.73 Å². The Morgan fingerprint density at radius 3 is 2.56 bits per heavy atom. The summed E-state index contributed by atoms with van der Waals surface area (Å²) < 4.78 is 5.73. The summed E-state index contributed by atoms with van der Waals surface area (Å²) in [6, 6.07) is 4.41. The fourth-order valence-corrected chi connectivity index (χ4v) is 3.17. The van der Waals surface area contributed by atoms with Gasteiger partial charge in [0.05, 0.1) is 6.04 Å². The summed E-state index contributed by atoms with van der Waals surface area (Å²) >= 11 is 2.02. The third-order valence-corrected chi connectivity index (χ3v) is 3.93. The lowest BCUT2D eigenvalue weighted by atomic mass is 10.1. The fraction of sp³-hybridized carbons (Fsp3) is 0.667. The predicted molar refractivity (Wildman–Crippen MR) is 68.7 cm³/mol. The van der Waals surface area contributed by atoms with Crippen LogP contribution in [0, 0.1) is 6.92 Å². The summed E-state index contributed by atoms with van der Waals surface area (Å²) in [4.78, 5) is 2.44. The lowest BCUT2D eigenvalue weighted by Gasteiger charge is -2.35. The van der Waals surface area contributed by atoms with Gasteiger partial charge in [0.2, 0.25) is 0 Å². The molecule has 1 aliphatic heterocycles. The molecule has 2 heterocycles. The predicted octanol–water partition coefficient (Wildman–Crippen LogP) is 2.03. The van der Waals surface area contributed by atoms with Crippen LogP contribution in [0.2, 0.25) is 0 Å². The summed E-state index contributed by atoms with van der Waals surface area (Å²) in [5.74, 6) is 4.37. The van der Waals surface area contributed by atoms with E-state index in [1.54, 1.807) is 0 Å². The molecule has 1 aliphatic rings. The maximum Gasteiger partial charge on any atom is 0.122 e. The first-order valence-electron chi connectivity index (χ1n) is 5.82. The second-order valence-corrected chi connectivity index (χ2v) is 5.63. The van der Waals surface area contributed by atoms with Crippen molar-refractivity contribution in [2.45, 2.75) is 25.9 Å². The Kier molecular flexibility index (Phi) is 3.95. The van der Waals surface area contributed by atoms with Crippen molar-refractivity contribution in [2.75, 3.05) is 24.6 Å². The Labute approximate surface area is 101 Å².